The number of rotatable bonds is 9. The fourth-order valence-electron chi connectivity index (χ4n) is 5.44. The molecule has 0 radical (unpaired) electrons. The van der Waals surface area contributed by atoms with Crippen molar-refractivity contribution in [2.24, 2.45) is 0 Å². The van der Waals surface area contributed by atoms with E-state index in [2.05, 4.69) is 28.3 Å². The van der Waals surface area contributed by atoms with Crippen LogP contribution in [0.3, 0.4) is 0 Å². The fourth-order valence-corrected chi connectivity index (χ4v) is 5.44. The third kappa shape index (κ3) is 6.80. The molecule has 3 aromatic rings. The third-order valence-corrected chi connectivity index (χ3v) is 7.50. The lowest BCUT2D eigenvalue weighted by molar-refractivity contribution is -0.114. The van der Waals surface area contributed by atoms with Gasteiger partial charge in [-0.15, -0.1) is 0 Å². The van der Waals surface area contributed by atoms with E-state index in [4.69, 9.17) is 4.74 Å². The van der Waals surface area contributed by atoms with Crippen LogP contribution in [0.4, 0.5) is 11.4 Å². The van der Waals surface area contributed by atoms with Crippen LogP contribution in [0.25, 0.3) is 0 Å². The monoisotopic (exact) mass is 539 g/mol. The summed E-state index contributed by atoms with van der Waals surface area (Å²) in [6.45, 7) is 7.31. The maximum atomic E-state index is 13.7. The molecule has 1 aliphatic rings. The molecular weight excluding hydrogens is 502 g/mol. The van der Waals surface area contributed by atoms with Crippen LogP contribution in [0, 0.1) is 13.8 Å². The maximum Gasteiger partial charge on any atom is 0.258 e. The summed E-state index contributed by atoms with van der Waals surface area (Å²) in [4.78, 5) is 41.3. The first kappa shape index (κ1) is 28.7. The smallest absolute Gasteiger partial charge is 0.258 e. The first-order valence-electron chi connectivity index (χ1n) is 13.7. The number of ether oxygens (including phenoxy) is 1. The predicted octanol–water partition coefficient (Wildman–Crippen LogP) is 5.90. The second kappa shape index (κ2) is 13.1. The lowest BCUT2D eigenvalue weighted by atomic mass is 9.88. The average molecular weight is 540 g/mol. The average Bonchev–Trinajstić information content (AvgIpc) is 2.96. The maximum absolute atomic E-state index is 13.7. The summed E-state index contributed by atoms with van der Waals surface area (Å²) in [6.07, 6.45) is 2.10. The molecule has 4 rings (SSSR count). The summed E-state index contributed by atoms with van der Waals surface area (Å²) in [5.41, 5.74) is 6.04. The molecule has 2 amide bonds. The van der Waals surface area contributed by atoms with E-state index in [1.54, 1.807) is 36.3 Å². The van der Waals surface area contributed by atoms with Crippen molar-refractivity contribution >= 4 is 29.1 Å². The Bertz CT molecular complexity index is 1400. The summed E-state index contributed by atoms with van der Waals surface area (Å²) in [7, 11) is 1.59. The Hall–Kier alpha value is -4.35. The molecule has 1 saturated heterocycles. The number of hydrogen-bond acceptors (Lipinski definition) is 5. The fraction of sp³-hybridized carbons (Fsp3) is 0.333. The number of anilines is 2. The lowest BCUT2D eigenvalue weighted by Crippen LogP contribution is -2.37. The van der Waals surface area contributed by atoms with Crippen molar-refractivity contribution in [1.82, 2.24) is 4.90 Å². The van der Waals surface area contributed by atoms with Crippen LogP contribution in [-0.4, -0.2) is 49.4 Å². The van der Waals surface area contributed by atoms with Gasteiger partial charge < -0.3 is 19.9 Å². The summed E-state index contributed by atoms with van der Waals surface area (Å²) in [5.74, 6) is 2.92. The minimum absolute atomic E-state index is 0.0892. The number of hydrogen-bond donors (Lipinski definition) is 1. The van der Waals surface area contributed by atoms with Crippen LogP contribution >= 0.6 is 0 Å². The van der Waals surface area contributed by atoms with Crippen LogP contribution in [0.5, 0.6) is 5.75 Å². The minimum Gasteiger partial charge on any atom is -0.497 e. The number of nitrogens with zero attached hydrogens (tertiary/aromatic N) is 2. The van der Waals surface area contributed by atoms with Crippen molar-refractivity contribution in [2.45, 2.75) is 46.0 Å². The quantitative estimate of drug-likeness (QED) is 0.343. The van der Waals surface area contributed by atoms with E-state index in [0.29, 0.717) is 43.1 Å². The van der Waals surface area contributed by atoms with E-state index in [1.807, 2.05) is 44.2 Å². The van der Waals surface area contributed by atoms with Crippen molar-refractivity contribution in [2.75, 3.05) is 37.0 Å². The van der Waals surface area contributed by atoms with Crippen LogP contribution in [0.15, 0.2) is 72.4 Å². The number of piperidine rings is 1. The highest BCUT2D eigenvalue weighted by Gasteiger charge is 2.26. The van der Waals surface area contributed by atoms with Crippen molar-refractivity contribution in [3.05, 3.63) is 94.7 Å². The van der Waals surface area contributed by atoms with E-state index >= 15 is 0 Å². The minimum atomic E-state index is -0.131. The second-order valence-electron chi connectivity index (χ2n) is 10.3. The van der Waals surface area contributed by atoms with Crippen molar-refractivity contribution in [3.63, 3.8) is 0 Å². The number of benzene rings is 3. The Morgan fingerprint density at radius 2 is 1.73 bits per heavy atom. The molecule has 7 nitrogen and oxygen atoms in total. The Labute approximate surface area is 236 Å². The molecule has 1 N–H and O–H groups in total. The van der Waals surface area contributed by atoms with Gasteiger partial charge in [0.15, 0.2) is 0 Å². The van der Waals surface area contributed by atoms with E-state index in [9.17, 15) is 14.4 Å². The number of carbonyl (C=O) groups excluding carboxylic acids is 3. The molecule has 1 fully saturated rings. The van der Waals surface area contributed by atoms with E-state index in [1.165, 1.54) is 6.92 Å². The Morgan fingerprint density at radius 1 is 1.02 bits per heavy atom. The second-order valence-corrected chi connectivity index (χ2v) is 10.3. The van der Waals surface area contributed by atoms with Crippen LogP contribution in [0.1, 0.15) is 59.2 Å². The Kier molecular flexibility index (Phi) is 9.41. The van der Waals surface area contributed by atoms with E-state index in [-0.39, 0.29) is 17.7 Å². The molecule has 40 heavy (non-hydrogen) atoms. The Morgan fingerprint density at radius 3 is 2.35 bits per heavy atom. The molecule has 0 aliphatic carbocycles. The van der Waals surface area contributed by atoms with Gasteiger partial charge in [-0.2, -0.15) is 0 Å². The van der Waals surface area contributed by atoms with Gasteiger partial charge in [0, 0.05) is 49.9 Å². The SMILES string of the molecule is COc1ccc(C(=O)N(CCC(=C=O)N2CCC(c3ccccc3NC(C)=O)CC2)c2ccc(C)cc2C)cc1. The normalized spacial score (nSPS) is 13.3. The van der Waals surface area contributed by atoms with Gasteiger partial charge in [-0.3, -0.25) is 9.59 Å². The lowest BCUT2D eigenvalue weighted by Gasteiger charge is -2.35. The van der Waals surface area contributed by atoms with Crippen LogP contribution in [0.2, 0.25) is 0 Å². The molecule has 0 spiro atoms. The van der Waals surface area contributed by atoms with Gasteiger partial charge in [0.05, 0.1) is 7.11 Å². The van der Waals surface area contributed by atoms with Gasteiger partial charge in [0.25, 0.3) is 5.91 Å². The number of aryl methyl sites for hydroxylation is 2. The molecule has 0 aromatic heterocycles. The molecule has 3 aromatic carbocycles. The molecule has 0 unspecified atom stereocenters. The van der Waals surface area contributed by atoms with Gasteiger partial charge in [0.2, 0.25) is 5.91 Å². The summed E-state index contributed by atoms with van der Waals surface area (Å²) < 4.78 is 5.25. The zero-order chi connectivity index (χ0) is 28.6. The summed E-state index contributed by atoms with van der Waals surface area (Å²) in [6, 6.07) is 21.0. The highest BCUT2D eigenvalue weighted by atomic mass is 16.5. The van der Waals surface area contributed by atoms with E-state index in [0.717, 1.165) is 40.9 Å². The standard InChI is InChI=1S/C33H37N3O4/c1-23-9-14-32(24(2)21-23)36(33(39)27-10-12-29(40-4)13-11-27)20-17-28(22-37)35-18-15-26(16-19-35)30-7-5-6-8-31(30)34-25(3)38/h5-14,21,26H,15-20H2,1-4H3,(H,34,38). The van der Waals surface area contributed by atoms with Gasteiger partial charge in [-0.25, -0.2) is 4.79 Å². The first-order valence-corrected chi connectivity index (χ1v) is 13.7. The molecule has 0 bridgehead atoms. The predicted molar refractivity (Wildman–Crippen MR) is 159 cm³/mol. The van der Waals surface area contributed by atoms with Gasteiger partial charge in [0.1, 0.15) is 17.4 Å². The summed E-state index contributed by atoms with van der Waals surface area (Å²) >= 11 is 0. The highest BCUT2D eigenvalue weighted by Crippen LogP contribution is 2.34. The molecule has 0 saturated carbocycles. The third-order valence-electron chi connectivity index (χ3n) is 7.50. The topological polar surface area (TPSA) is 79.0 Å². The van der Waals surface area contributed by atoms with Crippen LogP contribution in [-0.2, 0) is 9.59 Å². The zero-order valence-corrected chi connectivity index (χ0v) is 23.7. The zero-order valence-electron chi connectivity index (χ0n) is 23.7. The van der Waals surface area contributed by atoms with Gasteiger partial charge in [-0.1, -0.05) is 35.9 Å². The Balaban J connectivity index is 1.48. The van der Waals surface area contributed by atoms with Crippen molar-refractivity contribution in [1.29, 1.82) is 0 Å². The van der Waals surface area contributed by atoms with Gasteiger partial charge in [-0.05, 0) is 80.1 Å². The highest BCUT2D eigenvalue weighted by molar-refractivity contribution is 6.06. The number of nitrogens with one attached hydrogen (secondary N) is 1. The molecule has 1 aliphatic heterocycles. The number of amides is 2. The number of carbonyl (C=O) groups is 2. The molecule has 7 heteroatoms. The largest absolute Gasteiger partial charge is 0.497 e. The first-order chi connectivity index (χ1) is 19.3. The molecule has 208 valence electrons. The van der Waals surface area contributed by atoms with Crippen molar-refractivity contribution < 1.29 is 19.1 Å². The van der Waals surface area contributed by atoms with E-state index < -0.39 is 0 Å². The van der Waals surface area contributed by atoms with Crippen molar-refractivity contribution in [3.8, 4) is 5.75 Å². The number of methoxy groups -OCH3 is 1. The molecule has 0 atom stereocenters. The van der Waals surface area contributed by atoms with Crippen LogP contribution < -0.4 is 15.0 Å². The molecule has 1 heterocycles. The summed E-state index contributed by atoms with van der Waals surface area (Å²) in [5, 5.41) is 2.94. The van der Waals surface area contributed by atoms with Gasteiger partial charge >= 0.3 is 0 Å². The molecular formula is C33H37N3O4. The number of para-hydroxylation sites is 1. The number of likely N-dealkylation sites (tertiary alicyclic amines) is 1.